The van der Waals surface area contributed by atoms with E-state index in [0.717, 1.165) is 81.5 Å². The first-order valence-electron chi connectivity index (χ1n) is 11.3. The molecule has 0 bridgehead atoms. The van der Waals surface area contributed by atoms with E-state index in [0.29, 0.717) is 12.3 Å². The lowest BCUT2D eigenvalue weighted by atomic mass is 9.88. The molecule has 0 spiro atoms. The molecule has 2 heterocycles. The van der Waals surface area contributed by atoms with Crippen LogP contribution >= 0.6 is 0 Å². The van der Waals surface area contributed by atoms with Gasteiger partial charge in [0.05, 0.1) is 0 Å². The second-order valence-electron chi connectivity index (χ2n) is 8.53. The minimum atomic E-state index is -0.259. The summed E-state index contributed by atoms with van der Waals surface area (Å²) in [6.07, 6.45) is 5.65. The summed E-state index contributed by atoms with van der Waals surface area (Å²) < 4.78 is 26.9. The summed E-state index contributed by atoms with van der Waals surface area (Å²) in [6, 6.07) is 13.1. The molecule has 0 radical (unpaired) electrons. The van der Waals surface area contributed by atoms with Crippen molar-refractivity contribution >= 4 is 11.5 Å². The molecular formula is C26H30F2N2O. The van der Waals surface area contributed by atoms with Crippen LogP contribution in [-0.4, -0.2) is 48.4 Å². The smallest absolute Gasteiger partial charge is 0.222 e. The predicted octanol–water partition coefficient (Wildman–Crippen LogP) is 5.27. The van der Waals surface area contributed by atoms with Crippen LogP contribution in [0.15, 0.2) is 54.1 Å². The molecule has 31 heavy (non-hydrogen) atoms. The van der Waals surface area contributed by atoms with Gasteiger partial charge in [-0.15, -0.1) is 0 Å². The first kappa shape index (κ1) is 21.7. The van der Waals surface area contributed by atoms with Crippen molar-refractivity contribution in [2.45, 2.75) is 38.5 Å². The number of hydrogen-bond acceptors (Lipinski definition) is 2. The number of carbonyl (C=O) groups is 1. The number of rotatable bonds is 6. The molecule has 0 aliphatic carbocycles. The van der Waals surface area contributed by atoms with Gasteiger partial charge in [0.15, 0.2) is 0 Å². The van der Waals surface area contributed by atoms with E-state index >= 15 is 0 Å². The second kappa shape index (κ2) is 10.2. The van der Waals surface area contributed by atoms with Gasteiger partial charge in [-0.05, 0) is 79.6 Å². The molecule has 0 atom stereocenters. The summed E-state index contributed by atoms with van der Waals surface area (Å²) in [5.41, 5.74) is 4.34. The summed E-state index contributed by atoms with van der Waals surface area (Å²) in [6.45, 7) is 4.67. The van der Waals surface area contributed by atoms with E-state index in [4.69, 9.17) is 0 Å². The number of piperidine rings is 1. The van der Waals surface area contributed by atoms with Crippen LogP contribution in [0, 0.1) is 11.6 Å². The fourth-order valence-electron chi connectivity index (χ4n) is 4.68. The van der Waals surface area contributed by atoms with Gasteiger partial charge in [-0.3, -0.25) is 4.79 Å². The van der Waals surface area contributed by atoms with Gasteiger partial charge in [0, 0.05) is 32.6 Å². The van der Waals surface area contributed by atoms with Crippen LogP contribution in [0.4, 0.5) is 8.78 Å². The van der Waals surface area contributed by atoms with Crippen LogP contribution in [0.25, 0.3) is 5.57 Å². The number of benzene rings is 2. The third-order valence-electron chi connectivity index (χ3n) is 6.40. The lowest BCUT2D eigenvalue weighted by Gasteiger charge is -2.30. The van der Waals surface area contributed by atoms with Crippen molar-refractivity contribution in [3.63, 3.8) is 0 Å². The third kappa shape index (κ3) is 5.59. The van der Waals surface area contributed by atoms with Crippen molar-refractivity contribution in [2.24, 2.45) is 0 Å². The fourth-order valence-corrected chi connectivity index (χ4v) is 4.68. The first-order valence-corrected chi connectivity index (χ1v) is 11.3. The lowest BCUT2D eigenvalue weighted by molar-refractivity contribution is -0.130. The molecule has 2 fully saturated rings. The Bertz CT molecular complexity index is 858. The Kier molecular flexibility index (Phi) is 7.13. The van der Waals surface area contributed by atoms with Crippen molar-refractivity contribution in [3.05, 3.63) is 76.9 Å². The maximum atomic E-state index is 13.5. The van der Waals surface area contributed by atoms with E-state index in [1.807, 2.05) is 4.90 Å². The van der Waals surface area contributed by atoms with Gasteiger partial charge in [-0.25, -0.2) is 8.78 Å². The van der Waals surface area contributed by atoms with Crippen molar-refractivity contribution in [1.29, 1.82) is 0 Å². The summed E-state index contributed by atoms with van der Waals surface area (Å²) in [5.74, 6) is -0.221. The van der Waals surface area contributed by atoms with Crippen LogP contribution in [0.2, 0.25) is 0 Å². The minimum Gasteiger partial charge on any atom is -0.343 e. The monoisotopic (exact) mass is 424 g/mol. The van der Waals surface area contributed by atoms with E-state index in [9.17, 15) is 13.6 Å². The molecule has 4 rings (SSSR count). The number of hydrogen-bond donors (Lipinski definition) is 0. The normalized spacial score (nSPS) is 17.2. The third-order valence-corrected chi connectivity index (χ3v) is 6.40. The zero-order valence-corrected chi connectivity index (χ0v) is 18.0. The molecule has 0 saturated carbocycles. The maximum absolute atomic E-state index is 13.5. The minimum absolute atomic E-state index is 0.259. The van der Waals surface area contributed by atoms with Gasteiger partial charge >= 0.3 is 0 Å². The highest BCUT2D eigenvalue weighted by atomic mass is 19.1. The molecule has 1 amide bonds. The number of halogens is 2. The van der Waals surface area contributed by atoms with E-state index in [-0.39, 0.29) is 11.6 Å². The maximum Gasteiger partial charge on any atom is 0.222 e. The zero-order chi connectivity index (χ0) is 21.6. The van der Waals surface area contributed by atoms with E-state index in [2.05, 4.69) is 4.90 Å². The Morgan fingerprint density at radius 3 is 1.81 bits per heavy atom. The molecule has 2 saturated heterocycles. The molecule has 3 nitrogen and oxygen atoms in total. The Labute approximate surface area is 183 Å². The highest BCUT2D eigenvalue weighted by Gasteiger charge is 2.21. The molecule has 0 unspecified atom stereocenters. The largest absolute Gasteiger partial charge is 0.343 e. The number of carbonyl (C=O) groups excluding carboxylic acids is 1. The van der Waals surface area contributed by atoms with Gasteiger partial charge in [0.2, 0.25) is 5.91 Å². The molecule has 0 aromatic heterocycles. The number of amides is 1. The van der Waals surface area contributed by atoms with Gasteiger partial charge in [-0.1, -0.05) is 29.8 Å². The van der Waals surface area contributed by atoms with Crippen LogP contribution < -0.4 is 0 Å². The SMILES string of the molecule is O=C(CCCN1CCC(=C(c2ccc(F)cc2)c2ccc(F)cc2)CC1)N1CCCC1. The van der Waals surface area contributed by atoms with Crippen LogP contribution in [0.3, 0.4) is 0 Å². The topological polar surface area (TPSA) is 23.6 Å². The molecule has 2 aliphatic rings. The number of likely N-dealkylation sites (tertiary alicyclic amines) is 2. The second-order valence-corrected chi connectivity index (χ2v) is 8.53. The van der Waals surface area contributed by atoms with Gasteiger partial charge < -0.3 is 9.80 Å². The predicted molar refractivity (Wildman–Crippen MR) is 120 cm³/mol. The first-order chi connectivity index (χ1) is 15.1. The van der Waals surface area contributed by atoms with Crippen LogP contribution in [0.1, 0.15) is 49.7 Å². The Morgan fingerprint density at radius 1 is 0.774 bits per heavy atom. The standard InChI is InChI=1S/C26H30F2N2O/c27-23-9-5-20(6-10-23)26(21-7-11-24(28)12-8-21)22-13-18-29(19-14-22)15-3-4-25(31)30-16-1-2-17-30/h5-12H,1-4,13-19H2. The fraction of sp³-hybridized carbons (Fsp3) is 0.423. The highest BCUT2D eigenvalue weighted by molar-refractivity contribution is 5.82. The van der Waals surface area contributed by atoms with Crippen molar-refractivity contribution in [3.8, 4) is 0 Å². The Balaban J connectivity index is 1.41. The quantitative estimate of drug-likeness (QED) is 0.631. The summed E-state index contributed by atoms with van der Waals surface area (Å²) in [4.78, 5) is 16.7. The van der Waals surface area contributed by atoms with Gasteiger partial charge in [-0.2, -0.15) is 0 Å². The summed E-state index contributed by atoms with van der Waals surface area (Å²) in [5, 5.41) is 0. The lowest BCUT2D eigenvalue weighted by Crippen LogP contribution is -2.33. The average molecular weight is 425 g/mol. The molecule has 2 aromatic carbocycles. The van der Waals surface area contributed by atoms with E-state index < -0.39 is 0 Å². The van der Waals surface area contributed by atoms with Gasteiger partial charge in [0.25, 0.3) is 0 Å². The molecule has 2 aliphatic heterocycles. The Morgan fingerprint density at radius 2 is 1.29 bits per heavy atom. The highest BCUT2D eigenvalue weighted by Crippen LogP contribution is 2.32. The van der Waals surface area contributed by atoms with Crippen molar-refractivity contribution in [2.75, 3.05) is 32.7 Å². The molecule has 0 N–H and O–H groups in total. The molecule has 2 aromatic rings. The van der Waals surface area contributed by atoms with Crippen molar-refractivity contribution < 1.29 is 13.6 Å². The number of nitrogens with zero attached hydrogens (tertiary/aromatic N) is 2. The van der Waals surface area contributed by atoms with Crippen molar-refractivity contribution in [1.82, 2.24) is 9.80 Å². The molecule has 5 heteroatoms. The summed E-state index contributed by atoms with van der Waals surface area (Å²) >= 11 is 0. The van der Waals surface area contributed by atoms with E-state index in [1.54, 1.807) is 24.3 Å². The zero-order valence-electron chi connectivity index (χ0n) is 18.0. The molecule has 164 valence electrons. The van der Waals surface area contributed by atoms with Crippen LogP contribution in [0.5, 0.6) is 0 Å². The van der Waals surface area contributed by atoms with E-state index in [1.165, 1.54) is 29.8 Å². The molecular weight excluding hydrogens is 394 g/mol. The Hall–Kier alpha value is -2.53. The average Bonchev–Trinajstić information content (AvgIpc) is 3.33. The van der Waals surface area contributed by atoms with Gasteiger partial charge in [0.1, 0.15) is 11.6 Å². The van der Waals surface area contributed by atoms with Crippen LogP contribution in [-0.2, 0) is 4.79 Å². The summed E-state index contributed by atoms with van der Waals surface area (Å²) in [7, 11) is 0.